The molecule has 1 aromatic heterocycles. The smallest absolute Gasteiger partial charge is 0.152 e. The fraction of sp³-hybridized carbons (Fsp3) is 0.0667. The summed E-state index contributed by atoms with van der Waals surface area (Å²) in [6, 6.07) is 13.0. The molecule has 3 rings (SSSR count). The van der Waals surface area contributed by atoms with E-state index in [4.69, 9.17) is 21.8 Å². The molecule has 0 aliphatic carbocycles. The van der Waals surface area contributed by atoms with E-state index in [0.717, 1.165) is 5.39 Å². The molecule has 1 heterocycles. The SMILES string of the molecule is NC(c1cc2cccc(Cl)c2o1)c1ccccc1F. The predicted octanol–water partition coefficient (Wildman–Crippen LogP) is 4.27. The van der Waals surface area contributed by atoms with E-state index >= 15 is 0 Å². The number of nitrogens with two attached hydrogens (primary N) is 1. The Labute approximate surface area is 114 Å². The second kappa shape index (κ2) is 4.68. The van der Waals surface area contributed by atoms with Gasteiger partial charge in [0.25, 0.3) is 0 Å². The number of halogens is 2. The van der Waals surface area contributed by atoms with Crippen LogP contribution in [-0.2, 0) is 0 Å². The molecule has 4 heteroatoms. The van der Waals surface area contributed by atoms with Crippen LogP contribution in [0.5, 0.6) is 0 Å². The third-order valence-electron chi connectivity index (χ3n) is 3.06. The van der Waals surface area contributed by atoms with Gasteiger partial charge in [-0.3, -0.25) is 0 Å². The van der Waals surface area contributed by atoms with Gasteiger partial charge in [-0.25, -0.2) is 4.39 Å². The molecule has 2 nitrogen and oxygen atoms in total. The Morgan fingerprint density at radius 2 is 1.89 bits per heavy atom. The molecule has 1 unspecified atom stereocenters. The first kappa shape index (κ1) is 12.2. The van der Waals surface area contributed by atoms with Gasteiger partial charge in [-0.15, -0.1) is 0 Å². The highest BCUT2D eigenvalue weighted by atomic mass is 35.5. The molecule has 0 aliphatic heterocycles. The third kappa shape index (κ3) is 2.11. The summed E-state index contributed by atoms with van der Waals surface area (Å²) in [5.74, 6) is 0.148. The maximum Gasteiger partial charge on any atom is 0.152 e. The Morgan fingerprint density at radius 1 is 1.11 bits per heavy atom. The number of hydrogen-bond donors (Lipinski definition) is 1. The summed E-state index contributed by atoms with van der Waals surface area (Å²) in [4.78, 5) is 0. The Balaban J connectivity index is 2.10. The number of para-hydroxylation sites is 1. The third-order valence-corrected chi connectivity index (χ3v) is 3.36. The van der Waals surface area contributed by atoms with Gasteiger partial charge in [-0.1, -0.05) is 41.9 Å². The van der Waals surface area contributed by atoms with Crippen molar-refractivity contribution < 1.29 is 8.81 Å². The molecule has 19 heavy (non-hydrogen) atoms. The lowest BCUT2D eigenvalue weighted by Crippen LogP contribution is -2.12. The van der Waals surface area contributed by atoms with Gasteiger partial charge >= 0.3 is 0 Å². The highest BCUT2D eigenvalue weighted by molar-refractivity contribution is 6.34. The van der Waals surface area contributed by atoms with Crippen molar-refractivity contribution in [2.24, 2.45) is 5.73 Å². The van der Waals surface area contributed by atoms with Gasteiger partial charge in [0.05, 0.1) is 11.1 Å². The predicted molar refractivity (Wildman–Crippen MR) is 73.7 cm³/mol. The van der Waals surface area contributed by atoms with Crippen LogP contribution in [0.3, 0.4) is 0 Å². The van der Waals surface area contributed by atoms with E-state index in [0.29, 0.717) is 21.9 Å². The minimum Gasteiger partial charge on any atom is -0.457 e. The zero-order valence-electron chi connectivity index (χ0n) is 9.94. The highest BCUT2D eigenvalue weighted by Gasteiger charge is 2.18. The van der Waals surface area contributed by atoms with Crippen LogP contribution in [0.25, 0.3) is 11.0 Å². The van der Waals surface area contributed by atoms with E-state index in [1.807, 2.05) is 12.1 Å². The molecule has 0 spiro atoms. The number of fused-ring (bicyclic) bond motifs is 1. The summed E-state index contributed by atoms with van der Waals surface area (Å²) < 4.78 is 19.4. The Bertz CT molecular complexity index is 738. The summed E-state index contributed by atoms with van der Waals surface area (Å²) in [6.45, 7) is 0. The van der Waals surface area contributed by atoms with E-state index in [-0.39, 0.29) is 5.82 Å². The van der Waals surface area contributed by atoms with Gasteiger partial charge in [0.2, 0.25) is 0 Å². The Hall–Kier alpha value is -1.84. The van der Waals surface area contributed by atoms with E-state index in [1.54, 1.807) is 30.3 Å². The molecule has 2 aromatic carbocycles. The minimum absolute atomic E-state index is 0.346. The van der Waals surface area contributed by atoms with Crippen LogP contribution in [0.4, 0.5) is 4.39 Å². The minimum atomic E-state index is -0.648. The maximum absolute atomic E-state index is 13.7. The van der Waals surface area contributed by atoms with Crippen molar-refractivity contribution in [2.45, 2.75) is 6.04 Å². The lowest BCUT2D eigenvalue weighted by molar-refractivity contribution is 0.510. The van der Waals surface area contributed by atoms with Crippen molar-refractivity contribution in [2.75, 3.05) is 0 Å². The topological polar surface area (TPSA) is 39.2 Å². The summed E-state index contributed by atoms with van der Waals surface area (Å²) in [6.07, 6.45) is 0. The molecule has 0 saturated heterocycles. The zero-order valence-corrected chi connectivity index (χ0v) is 10.7. The fourth-order valence-electron chi connectivity index (χ4n) is 2.08. The van der Waals surface area contributed by atoms with Crippen LogP contribution in [0.1, 0.15) is 17.4 Å². The molecule has 3 aromatic rings. The van der Waals surface area contributed by atoms with Crippen LogP contribution in [-0.4, -0.2) is 0 Å². The van der Waals surface area contributed by atoms with Gasteiger partial charge in [0.1, 0.15) is 11.6 Å². The molecule has 0 aliphatic rings. The molecule has 0 saturated carbocycles. The monoisotopic (exact) mass is 275 g/mol. The van der Waals surface area contributed by atoms with Gasteiger partial charge in [-0.05, 0) is 18.2 Å². The van der Waals surface area contributed by atoms with Crippen molar-refractivity contribution >= 4 is 22.6 Å². The van der Waals surface area contributed by atoms with Crippen LogP contribution < -0.4 is 5.73 Å². The van der Waals surface area contributed by atoms with Gasteiger partial charge < -0.3 is 10.2 Å². The number of rotatable bonds is 2. The molecule has 0 bridgehead atoms. The van der Waals surface area contributed by atoms with E-state index in [2.05, 4.69) is 0 Å². The van der Waals surface area contributed by atoms with Crippen molar-refractivity contribution in [1.29, 1.82) is 0 Å². The second-order valence-corrected chi connectivity index (χ2v) is 4.71. The van der Waals surface area contributed by atoms with E-state index in [9.17, 15) is 4.39 Å². The Kier molecular flexibility index (Phi) is 3.01. The summed E-state index contributed by atoms with van der Waals surface area (Å²) in [5.41, 5.74) is 7.03. The second-order valence-electron chi connectivity index (χ2n) is 4.31. The first-order valence-electron chi connectivity index (χ1n) is 5.85. The van der Waals surface area contributed by atoms with Crippen molar-refractivity contribution in [3.63, 3.8) is 0 Å². The largest absolute Gasteiger partial charge is 0.457 e. The molecular formula is C15H11ClFNO. The van der Waals surface area contributed by atoms with Gasteiger partial charge in [-0.2, -0.15) is 0 Å². The van der Waals surface area contributed by atoms with E-state index < -0.39 is 6.04 Å². The molecular weight excluding hydrogens is 265 g/mol. The molecule has 96 valence electrons. The van der Waals surface area contributed by atoms with Crippen LogP contribution >= 0.6 is 11.6 Å². The van der Waals surface area contributed by atoms with Crippen molar-refractivity contribution in [3.8, 4) is 0 Å². The first-order valence-corrected chi connectivity index (χ1v) is 6.22. The number of hydrogen-bond acceptors (Lipinski definition) is 2. The van der Waals surface area contributed by atoms with Crippen molar-refractivity contribution in [1.82, 2.24) is 0 Å². The zero-order chi connectivity index (χ0) is 13.4. The summed E-state index contributed by atoms with van der Waals surface area (Å²) in [5, 5.41) is 1.37. The quantitative estimate of drug-likeness (QED) is 0.758. The first-order chi connectivity index (χ1) is 9.16. The average molecular weight is 276 g/mol. The standard InChI is InChI=1S/C15H11ClFNO/c16-11-6-3-4-9-8-13(19-15(9)11)14(18)10-5-1-2-7-12(10)17/h1-8,14H,18H2. The summed E-state index contributed by atoms with van der Waals surface area (Å²) >= 11 is 6.04. The van der Waals surface area contributed by atoms with Crippen LogP contribution in [0.2, 0.25) is 5.02 Å². The van der Waals surface area contributed by atoms with Crippen LogP contribution in [0.15, 0.2) is 52.9 Å². The average Bonchev–Trinajstić information content (AvgIpc) is 2.84. The van der Waals surface area contributed by atoms with Gasteiger partial charge in [0.15, 0.2) is 5.58 Å². The molecule has 2 N–H and O–H groups in total. The lowest BCUT2D eigenvalue weighted by Gasteiger charge is -2.09. The van der Waals surface area contributed by atoms with Gasteiger partial charge in [0, 0.05) is 10.9 Å². The molecule has 0 amide bonds. The number of furan rings is 1. The normalized spacial score (nSPS) is 12.8. The lowest BCUT2D eigenvalue weighted by atomic mass is 10.0. The van der Waals surface area contributed by atoms with Crippen LogP contribution in [0, 0.1) is 5.82 Å². The van der Waals surface area contributed by atoms with Crippen molar-refractivity contribution in [3.05, 3.63) is 70.7 Å². The Morgan fingerprint density at radius 3 is 2.63 bits per heavy atom. The molecule has 1 atom stereocenters. The highest BCUT2D eigenvalue weighted by Crippen LogP contribution is 2.31. The molecule has 0 radical (unpaired) electrons. The molecule has 0 fully saturated rings. The van der Waals surface area contributed by atoms with E-state index in [1.165, 1.54) is 6.07 Å². The fourth-order valence-corrected chi connectivity index (χ4v) is 2.30. The summed E-state index contributed by atoms with van der Waals surface area (Å²) in [7, 11) is 0. The number of benzene rings is 2. The maximum atomic E-state index is 13.7.